The molecule has 0 amide bonds. The Morgan fingerprint density at radius 3 is 2.87 bits per heavy atom. The van der Waals surface area contributed by atoms with Gasteiger partial charge in [0.2, 0.25) is 0 Å². The van der Waals surface area contributed by atoms with Crippen LogP contribution in [0.3, 0.4) is 0 Å². The van der Waals surface area contributed by atoms with Gasteiger partial charge in [0.25, 0.3) is 0 Å². The maximum atomic E-state index is 11.4. The molecule has 0 aliphatic carbocycles. The Kier molecular flexibility index (Phi) is 2.38. The van der Waals surface area contributed by atoms with Gasteiger partial charge in [0, 0.05) is 12.1 Å². The van der Waals surface area contributed by atoms with Crippen LogP contribution in [0.1, 0.15) is 28.7 Å². The third-order valence-corrected chi connectivity index (χ3v) is 4.17. The SMILES string of the molecule is CCn1nc(C=O)c2c1CS(=O)(=O)CC2. The molecule has 5 nitrogen and oxygen atoms in total. The van der Waals surface area contributed by atoms with Crippen LogP contribution in [0.5, 0.6) is 0 Å². The van der Waals surface area contributed by atoms with E-state index in [4.69, 9.17) is 0 Å². The van der Waals surface area contributed by atoms with E-state index >= 15 is 0 Å². The molecular weight excluding hydrogens is 216 g/mol. The van der Waals surface area contributed by atoms with E-state index in [-0.39, 0.29) is 11.5 Å². The number of carbonyl (C=O) groups excluding carboxylic acids is 1. The second-order valence-corrected chi connectivity index (χ2v) is 5.77. The van der Waals surface area contributed by atoms with Crippen LogP contribution >= 0.6 is 0 Å². The molecule has 0 saturated heterocycles. The van der Waals surface area contributed by atoms with Crippen molar-refractivity contribution < 1.29 is 13.2 Å². The predicted octanol–water partition coefficient (Wildman–Crippen LogP) is 0.186. The first kappa shape index (κ1) is 10.4. The lowest BCUT2D eigenvalue weighted by atomic mass is 10.1. The molecule has 0 atom stereocenters. The van der Waals surface area contributed by atoms with E-state index in [1.54, 1.807) is 4.68 Å². The van der Waals surface area contributed by atoms with Gasteiger partial charge in [-0.05, 0) is 13.3 Å². The van der Waals surface area contributed by atoms with Crippen molar-refractivity contribution in [2.24, 2.45) is 0 Å². The molecule has 1 aliphatic heterocycles. The first-order chi connectivity index (χ1) is 7.07. The van der Waals surface area contributed by atoms with Crippen LogP contribution in [-0.4, -0.2) is 30.2 Å². The van der Waals surface area contributed by atoms with Crippen molar-refractivity contribution in [3.8, 4) is 0 Å². The summed E-state index contributed by atoms with van der Waals surface area (Å²) in [5.74, 6) is 0.132. The Bertz CT molecular complexity index is 502. The Labute approximate surface area is 88.0 Å². The summed E-state index contributed by atoms with van der Waals surface area (Å²) >= 11 is 0. The molecule has 1 aliphatic rings. The molecule has 0 N–H and O–H groups in total. The molecule has 1 aromatic heterocycles. The van der Waals surface area contributed by atoms with E-state index in [0.29, 0.717) is 30.6 Å². The highest BCUT2D eigenvalue weighted by Crippen LogP contribution is 2.23. The predicted molar refractivity (Wildman–Crippen MR) is 54.5 cm³/mol. The maximum Gasteiger partial charge on any atom is 0.170 e. The van der Waals surface area contributed by atoms with Gasteiger partial charge in [0.15, 0.2) is 16.1 Å². The van der Waals surface area contributed by atoms with Crippen molar-refractivity contribution in [1.82, 2.24) is 9.78 Å². The molecule has 1 aromatic rings. The van der Waals surface area contributed by atoms with Crippen LogP contribution in [0, 0.1) is 0 Å². The van der Waals surface area contributed by atoms with Gasteiger partial charge in [-0.2, -0.15) is 5.10 Å². The van der Waals surface area contributed by atoms with Crippen LogP contribution in [0.15, 0.2) is 0 Å². The van der Waals surface area contributed by atoms with Crippen LogP contribution < -0.4 is 0 Å². The standard InChI is InChI=1S/C9H12N2O3S/c1-2-11-9-6-15(13,14)4-3-7(9)8(5-12)10-11/h5H,2-4,6H2,1H3. The van der Waals surface area contributed by atoms with Gasteiger partial charge in [0.05, 0.1) is 17.2 Å². The van der Waals surface area contributed by atoms with Crippen molar-refractivity contribution in [2.75, 3.05) is 5.75 Å². The van der Waals surface area contributed by atoms with Gasteiger partial charge in [0.1, 0.15) is 5.69 Å². The summed E-state index contributed by atoms with van der Waals surface area (Å²) in [4.78, 5) is 10.7. The summed E-state index contributed by atoms with van der Waals surface area (Å²) in [6.45, 7) is 2.47. The molecule has 2 heterocycles. The zero-order valence-corrected chi connectivity index (χ0v) is 9.25. The van der Waals surface area contributed by atoms with Gasteiger partial charge in [-0.3, -0.25) is 9.48 Å². The second kappa shape index (κ2) is 3.44. The highest BCUT2D eigenvalue weighted by Gasteiger charge is 2.27. The van der Waals surface area contributed by atoms with Crippen molar-refractivity contribution in [3.05, 3.63) is 17.0 Å². The molecule has 0 fully saturated rings. The van der Waals surface area contributed by atoms with Crippen molar-refractivity contribution >= 4 is 16.1 Å². The summed E-state index contributed by atoms with van der Waals surface area (Å²) in [5, 5.41) is 4.08. The third-order valence-electron chi connectivity index (χ3n) is 2.63. The molecule has 2 rings (SSSR count). The summed E-state index contributed by atoms with van der Waals surface area (Å²) in [6.07, 6.45) is 1.11. The largest absolute Gasteiger partial charge is 0.296 e. The Morgan fingerprint density at radius 1 is 1.53 bits per heavy atom. The average molecular weight is 228 g/mol. The van der Waals surface area contributed by atoms with Crippen molar-refractivity contribution in [2.45, 2.75) is 25.6 Å². The number of hydrogen-bond acceptors (Lipinski definition) is 4. The first-order valence-corrected chi connectivity index (χ1v) is 6.63. The number of hydrogen-bond donors (Lipinski definition) is 0. The molecule has 0 radical (unpaired) electrons. The summed E-state index contributed by atoms with van der Waals surface area (Å²) in [7, 11) is -3.00. The third kappa shape index (κ3) is 1.69. The minimum Gasteiger partial charge on any atom is -0.296 e. The number of aryl methyl sites for hydroxylation is 1. The number of aldehydes is 1. The van der Waals surface area contributed by atoms with Crippen LogP contribution in [0.25, 0.3) is 0 Å². The number of fused-ring (bicyclic) bond motifs is 1. The molecule has 0 bridgehead atoms. The number of nitrogens with zero attached hydrogens (tertiary/aromatic N) is 2. The average Bonchev–Trinajstić information content (AvgIpc) is 2.53. The van der Waals surface area contributed by atoms with Crippen molar-refractivity contribution in [3.63, 3.8) is 0 Å². The lowest BCUT2D eigenvalue weighted by Gasteiger charge is -2.13. The maximum absolute atomic E-state index is 11.4. The number of rotatable bonds is 2. The molecule has 0 spiro atoms. The number of carbonyl (C=O) groups is 1. The number of sulfone groups is 1. The van der Waals surface area contributed by atoms with E-state index in [1.807, 2.05) is 6.92 Å². The molecule has 0 aromatic carbocycles. The summed E-state index contributed by atoms with van der Waals surface area (Å²) < 4.78 is 24.5. The molecular formula is C9H12N2O3S. The van der Waals surface area contributed by atoms with Crippen LogP contribution in [0.2, 0.25) is 0 Å². The molecule has 6 heteroatoms. The van der Waals surface area contributed by atoms with Crippen LogP contribution in [0.4, 0.5) is 0 Å². The monoisotopic (exact) mass is 228 g/mol. The quantitative estimate of drug-likeness (QED) is 0.677. The van der Waals surface area contributed by atoms with Crippen LogP contribution in [-0.2, 0) is 28.6 Å². The minimum absolute atomic E-state index is 0.0109. The zero-order valence-electron chi connectivity index (χ0n) is 8.43. The van der Waals surface area contributed by atoms with E-state index in [0.717, 1.165) is 5.56 Å². The van der Waals surface area contributed by atoms with Gasteiger partial charge >= 0.3 is 0 Å². The Hall–Kier alpha value is -1.17. The van der Waals surface area contributed by atoms with Gasteiger partial charge in [-0.15, -0.1) is 0 Å². The fraction of sp³-hybridized carbons (Fsp3) is 0.556. The summed E-state index contributed by atoms with van der Waals surface area (Å²) in [6, 6.07) is 0. The highest BCUT2D eigenvalue weighted by atomic mass is 32.2. The minimum atomic E-state index is -3.00. The zero-order chi connectivity index (χ0) is 11.1. The van der Waals surface area contributed by atoms with E-state index in [2.05, 4.69) is 5.10 Å². The van der Waals surface area contributed by atoms with E-state index in [9.17, 15) is 13.2 Å². The smallest absolute Gasteiger partial charge is 0.170 e. The lowest BCUT2D eigenvalue weighted by molar-refractivity contribution is 0.111. The highest BCUT2D eigenvalue weighted by molar-refractivity contribution is 7.90. The summed E-state index contributed by atoms with van der Waals surface area (Å²) in [5.41, 5.74) is 1.88. The fourth-order valence-electron chi connectivity index (χ4n) is 1.88. The Morgan fingerprint density at radius 2 is 2.27 bits per heavy atom. The normalized spacial score (nSPS) is 18.5. The van der Waals surface area contributed by atoms with E-state index < -0.39 is 9.84 Å². The first-order valence-electron chi connectivity index (χ1n) is 4.81. The van der Waals surface area contributed by atoms with E-state index in [1.165, 1.54) is 0 Å². The molecule has 15 heavy (non-hydrogen) atoms. The molecule has 82 valence electrons. The second-order valence-electron chi connectivity index (χ2n) is 3.59. The lowest BCUT2D eigenvalue weighted by Crippen LogP contribution is -2.21. The Balaban J connectivity index is 2.57. The van der Waals surface area contributed by atoms with Gasteiger partial charge in [-0.1, -0.05) is 0 Å². The van der Waals surface area contributed by atoms with Crippen molar-refractivity contribution in [1.29, 1.82) is 0 Å². The van der Waals surface area contributed by atoms with Gasteiger partial charge < -0.3 is 0 Å². The number of aromatic nitrogens is 2. The topological polar surface area (TPSA) is 69.0 Å². The fourth-order valence-corrected chi connectivity index (χ4v) is 3.28. The molecule has 0 saturated carbocycles. The van der Waals surface area contributed by atoms with Gasteiger partial charge in [-0.25, -0.2) is 8.42 Å². The molecule has 0 unspecified atom stereocenters.